The molecule has 0 nitrogen and oxygen atoms in total. The first-order chi connectivity index (χ1) is 8.09. The summed E-state index contributed by atoms with van der Waals surface area (Å²) in [7, 11) is 0. The minimum Gasteiger partial charge on any atom is -0.0630 e. The van der Waals surface area contributed by atoms with Gasteiger partial charge in [-0.2, -0.15) is 0 Å². The van der Waals surface area contributed by atoms with Crippen molar-refractivity contribution in [1.82, 2.24) is 0 Å². The van der Waals surface area contributed by atoms with Crippen LogP contribution < -0.4 is 0 Å². The van der Waals surface area contributed by atoms with Crippen molar-refractivity contribution in [3.05, 3.63) is 53.1 Å². The van der Waals surface area contributed by atoms with E-state index in [2.05, 4.69) is 64.1 Å². The molecule has 0 fully saturated rings. The Hall–Kier alpha value is -1.30. The summed E-state index contributed by atoms with van der Waals surface area (Å²) in [5.41, 5.74) is 6.00. The zero-order valence-corrected chi connectivity index (χ0v) is 11.3. The Morgan fingerprint density at radius 3 is 2.06 bits per heavy atom. The summed E-state index contributed by atoms with van der Waals surface area (Å²) in [4.78, 5) is 0. The Morgan fingerprint density at radius 2 is 1.53 bits per heavy atom. The maximum absolute atomic E-state index is 2.41. The van der Waals surface area contributed by atoms with E-state index in [1.807, 2.05) is 0 Å². The van der Waals surface area contributed by atoms with Gasteiger partial charge < -0.3 is 0 Å². The van der Waals surface area contributed by atoms with Gasteiger partial charge in [0.2, 0.25) is 0 Å². The van der Waals surface area contributed by atoms with Crippen LogP contribution in [0.5, 0.6) is 0 Å². The molecule has 1 aliphatic rings. The Kier molecular flexibility index (Phi) is 3.51. The van der Waals surface area contributed by atoms with E-state index >= 15 is 0 Å². The zero-order valence-electron chi connectivity index (χ0n) is 11.3. The lowest BCUT2D eigenvalue weighted by Gasteiger charge is -2.12. The molecule has 90 valence electrons. The molecule has 0 spiro atoms. The Balaban J connectivity index is 2.41. The molecule has 0 atom stereocenters. The minimum absolute atomic E-state index is 0.637. The minimum atomic E-state index is 0.637. The maximum atomic E-state index is 2.41. The summed E-state index contributed by atoms with van der Waals surface area (Å²) in [5.74, 6) is 1.29. The quantitative estimate of drug-likeness (QED) is 0.674. The lowest BCUT2D eigenvalue weighted by atomic mass is 9.93. The second-order valence-corrected chi connectivity index (χ2v) is 5.51. The van der Waals surface area contributed by atoms with E-state index in [4.69, 9.17) is 0 Å². The van der Waals surface area contributed by atoms with E-state index in [1.165, 1.54) is 17.6 Å². The summed E-state index contributed by atoms with van der Waals surface area (Å²) in [6.45, 7) is 9.18. The van der Waals surface area contributed by atoms with Gasteiger partial charge in [-0.25, -0.2) is 0 Å². The second kappa shape index (κ2) is 4.91. The van der Waals surface area contributed by atoms with Crippen molar-refractivity contribution in [3.63, 3.8) is 0 Å². The molecule has 0 heteroatoms. The average Bonchev–Trinajstić information content (AvgIpc) is 2.75. The number of hydrogen-bond donors (Lipinski definition) is 0. The molecule has 17 heavy (non-hydrogen) atoms. The van der Waals surface area contributed by atoms with Crippen LogP contribution in [0.4, 0.5) is 0 Å². The van der Waals surface area contributed by atoms with Gasteiger partial charge in [0, 0.05) is 0 Å². The van der Waals surface area contributed by atoms with Crippen molar-refractivity contribution >= 4 is 5.57 Å². The molecule has 0 heterocycles. The standard InChI is InChI=1S/C17H22/c1-12(2)15-10-16(13(3)4)17(11-15)14-8-6-5-7-9-14/h5-9,11-13H,10H2,1-4H3. The normalized spacial score (nSPS) is 16.0. The molecule has 0 aromatic heterocycles. The van der Waals surface area contributed by atoms with Crippen LogP contribution in [0.2, 0.25) is 0 Å². The molecule has 1 aromatic rings. The van der Waals surface area contributed by atoms with Crippen LogP contribution in [-0.2, 0) is 0 Å². The molecule has 0 bridgehead atoms. The molecule has 0 aliphatic heterocycles. The summed E-state index contributed by atoms with van der Waals surface area (Å²) in [5, 5.41) is 0. The molecule has 0 saturated carbocycles. The zero-order chi connectivity index (χ0) is 12.4. The SMILES string of the molecule is CC(C)C1=CC(c2ccccc2)=C(C(C)C)C1. The molecule has 1 aliphatic carbocycles. The van der Waals surface area contributed by atoms with Crippen molar-refractivity contribution in [3.8, 4) is 0 Å². The molecular weight excluding hydrogens is 204 g/mol. The summed E-state index contributed by atoms with van der Waals surface area (Å²) in [6, 6.07) is 10.8. The predicted molar refractivity (Wildman–Crippen MR) is 75.7 cm³/mol. The van der Waals surface area contributed by atoms with E-state index in [-0.39, 0.29) is 0 Å². The van der Waals surface area contributed by atoms with Gasteiger partial charge in [0.25, 0.3) is 0 Å². The molecule has 0 saturated heterocycles. The molecule has 0 N–H and O–H groups in total. The van der Waals surface area contributed by atoms with Crippen LogP contribution in [0.3, 0.4) is 0 Å². The van der Waals surface area contributed by atoms with Gasteiger partial charge in [-0.05, 0) is 29.4 Å². The van der Waals surface area contributed by atoms with Crippen molar-refractivity contribution in [2.75, 3.05) is 0 Å². The Morgan fingerprint density at radius 1 is 0.882 bits per heavy atom. The van der Waals surface area contributed by atoms with Gasteiger partial charge in [-0.1, -0.05) is 75.2 Å². The molecular formula is C17H22. The first kappa shape index (κ1) is 12.2. The van der Waals surface area contributed by atoms with E-state index in [0.29, 0.717) is 11.8 Å². The molecule has 0 radical (unpaired) electrons. The van der Waals surface area contributed by atoms with Crippen LogP contribution in [0.25, 0.3) is 5.57 Å². The lowest BCUT2D eigenvalue weighted by molar-refractivity contribution is 0.697. The van der Waals surface area contributed by atoms with Gasteiger partial charge in [0.05, 0.1) is 0 Å². The van der Waals surface area contributed by atoms with E-state index in [9.17, 15) is 0 Å². The fourth-order valence-electron chi connectivity index (χ4n) is 2.42. The van der Waals surface area contributed by atoms with E-state index in [0.717, 1.165) is 0 Å². The molecule has 0 unspecified atom stereocenters. The topological polar surface area (TPSA) is 0 Å². The first-order valence-corrected chi connectivity index (χ1v) is 6.58. The summed E-state index contributed by atoms with van der Waals surface area (Å²) >= 11 is 0. The van der Waals surface area contributed by atoms with Gasteiger partial charge in [-0.15, -0.1) is 0 Å². The van der Waals surface area contributed by atoms with Crippen molar-refractivity contribution < 1.29 is 0 Å². The Bertz CT molecular complexity index is 444. The molecule has 0 amide bonds. The van der Waals surface area contributed by atoms with Crippen molar-refractivity contribution in [2.24, 2.45) is 11.8 Å². The third-order valence-electron chi connectivity index (χ3n) is 3.59. The van der Waals surface area contributed by atoms with Gasteiger partial charge in [0.1, 0.15) is 0 Å². The van der Waals surface area contributed by atoms with E-state index < -0.39 is 0 Å². The van der Waals surface area contributed by atoms with E-state index in [1.54, 1.807) is 11.1 Å². The first-order valence-electron chi connectivity index (χ1n) is 6.58. The van der Waals surface area contributed by atoms with Crippen molar-refractivity contribution in [1.29, 1.82) is 0 Å². The van der Waals surface area contributed by atoms with Crippen LogP contribution in [0.1, 0.15) is 39.7 Å². The van der Waals surface area contributed by atoms with Crippen LogP contribution in [-0.4, -0.2) is 0 Å². The fourth-order valence-corrected chi connectivity index (χ4v) is 2.42. The van der Waals surface area contributed by atoms with Gasteiger partial charge in [0.15, 0.2) is 0 Å². The molecule has 1 aromatic carbocycles. The lowest BCUT2D eigenvalue weighted by Crippen LogP contribution is -1.97. The maximum Gasteiger partial charge on any atom is -0.00907 e. The third kappa shape index (κ3) is 2.52. The van der Waals surface area contributed by atoms with Crippen LogP contribution in [0.15, 0.2) is 47.6 Å². The average molecular weight is 226 g/mol. The Labute approximate surface area is 105 Å². The smallest absolute Gasteiger partial charge is 0.00907 e. The monoisotopic (exact) mass is 226 g/mol. The number of benzene rings is 1. The fraction of sp³-hybridized carbons (Fsp3) is 0.412. The van der Waals surface area contributed by atoms with Crippen LogP contribution >= 0.6 is 0 Å². The predicted octanol–water partition coefficient (Wildman–Crippen LogP) is 5.08. The third-order valence-corrected chi connectivity index (χ3v) is 3.59. The van der Waals surface area contributed by atoms with Gasteiger partial charge >= 0.3 is 0 Å². The second-order valence-electron chi connectivity index (χ2n) is 5.51. The highest BCUT2D eigenvalue weighted by molar-refractivity contribution is 5.81. The summed E-state index contributed by atoms with van der Waals surface area (Å²) in [6.07, 6.45) is 3.58. The number of hydrogen-bond acceptors (Lipinski definition) is 0. The summed E-state index contributed by atoms with van der Waals surface area (Å²) < 4.78 is 0. The van der Waals surface area contributed by atoms with Gasteiger partial charge in [-0.3, -0.25) is 0 Å². The highest BCUT2D eigenvalue weighted by atomic mass is 14.3. The van der Waals surface area contributed by atoms with Crippen LogP contribution in [0, 0.1) is 11.8 Å². The number of allylic oxidation sites excluding steroid dienone is 4. The highest BCUT2D eigenvalue weighted by Gasteiger charge is 2.20. The largest absolute Gasteiger partial charge is 0.0630 e. The van der Waals surface area contributed by atoms with Crippen molar-refractivity contribution in [2.45, 2.75) is 34.1 Å². The molecule has 2 rings (SSSR count). The number of rotatable bonds is 3. The highest BCUT2D eigenvalue weighted by Crippen LogP contribution is 2.38.